The highest BCUT2D eigenvalue weighted by Crippen LogP contribution is 2.28. The lowest BCUT2D eigenvalue weighted by Gasteiger charge is -2.23. The van der Waals surface area contributed by atoms with Crippen LogP contribution < -0.4 is 10.6 Å². The van der Waals surface area contributed by atoms with Crippen LogP contribution in [0, 0.1) is 17.0 Å². The maximum atomic E-state index is 11.4. The predicted molar refractivity (Wildman–Crippen MR) is 78.3 cm³/mol. The zero-order valence-corrected chi connectivity index (χ0v) is 12.6. The molecule has 1 aromatic heterocycles. The summed E-state index contributed by atoms with van der Waals surface area (Å²) in [6.07, 6.45) is 0.828. The van der Waals surface area contributed by atoms with E-state index in [4.69, 9.17) is 0 Å². The molecule has 2 N–H and O–H groups in total. The van der Waals surface area contributed by atoms with Gasteiger partial charge in [0.15, 0.2) is 0 Å². The van der Waals surface area contributed by atoms with Crippen LogP contribution >= 0.6 is 0 Å². The summed E-state index contributed by atoms with van der Waals surface area (Å²) in [5.41, 5.74) is 0.0766. The van der Waals surface area contributed by atoms with Crippen LogP contribution in [0.3, 0.4) is 0 Å². The SMILES string of the molecule is CNc1nc(C)c([N+](=O)[O-])c(NC2CCS(=O)(=O)CC2)n1. The molecule has 0 spiro atoms. The Balaban J connectivity index is 2.26. The summed E-state index contributed by atoms with van der Waals surface area (Å²) in [5, 5.41) is 16.9. The van der Waals surface area contributed by atoms with Gasteiger partial charge in [-0.05, 0) is 19.8 Å². The Kier molecular flexibility index (Phi) is 4.26. The van der Waals surface area contributed by atoms with Crippen molar-refractivity contribution in [2.75, 3.05) is 29.2 Å². The molecule has 1 saturated heterocycles. The number of aryl methyl sites for hydroxylation is 1. The Labute approximate surface area is 122 Å². The summed E-state index contributed by atoms with van der Waals surface area (Å²) in [4.78, 5) is 18.7. The number of hydrogen-bond donors (Lipinski definition) is 2. The van der Waals surface area contributed by atoms with Crippen molar-refractivity contribution >= 4 is 27.3 Å². The number of sulfone groups is 1. The van der Waals surface area contributed by atoms with Gasteiger partial charge < -0.3 is 10.6 Å². The third kappa shape index (κ3) is 3.57. The summed E-state index contributed by atoms with van der Waals surface area (Å²) >= 11 is 0. The first-order valence-electron chi connectivity index (χ1n) is 6.50. The van der Waals surface area contributed by atoms with Gasteiger partial charge in [0.25, 0.3) is 0 Å². The molecule has 1 aliphatic rings. The zero-order chi connectivity index (χ0) is 15.6. The highest BCUT2D eigenvalue weighted by molar-refractivity contribution is 7.91. The molecule has 1 aliphatic heterocycles. The van der Waals surface area contributed by atoms with Gasteiger partial charge in [-0.1, -0.05) is 0 Å². The van der Waals surface area contributed by atoms with Crippen molar-refractivity contribution < 1.29 is 13.3 Å². The quantitative estimate of drug-likeness (QED) is 0.614. The standard InChI is InChI=1S/C11H17N5O4S/c1-7-9(16(17)18)10(15-11(12-2)13-7)14-8-3-5-21(19,20)6-4-8/h8H,3-6H2,1-2H3,(H2,12,13,14,15). The Morgan fingerprint density at radius 2 is 1.90 bits per heavy atom. The number of nitrogens with zero attached hydrogens (tertiary/aromatic N) is 3. The lowest BCUT2D eigenvalue weighted by molar-refractivity contribution is -0.385. The van der Waals surface area contributed by atoms with Crippen molar-refractivity contribution in [3.8, 4) is 0 Å². The van der Waals surface area contributed by atoms with E-state index in [9.17, 15) is 18.5 Å². The van der Waals surface area contributed by atoms with Gasteiger partial charge in [0.05, 0.1) is 16.4 Å². The first-order chi connectivity index (χ1) is 9.82. The van der Waals surface area contributed by atoms with Crippen LogP contribution in [0.4, 0.5) is 17.5 Å². The topological polar surface area (TPSA) is 127 Å². The third-order valence-corrected chi connectivity index (χ3v) is 5.08. The van der Waals surface area contributed by atoms with Crippen LogP contribution in [0.5, 0.6) is 0 Å². The Morgan fingerprint density at radius 1 is 1.29 bits per heavy atom. The molecule has 21 heavy (non-hydrogen) atoms. The number of nitro groups is 1. The summed E-state index contributed by atoms with van der Waals surface area (Å²) in [6, 6.07) is -0.147. The fraction of sp³-hybridized carbons (Fsp3) is 0.636. The fourth-order valence-electron chi connectivity index (χ4n) is 2.23. The largest absolute Gasteiger partial charge is 0.361 e. The summed E-state index contributed by atoms with van der Waals surface area (Å²) in [5.74, 6) is 0.577. The van der Waals surface area contributed by atoms with Crippen LogP contribution in [0.1, 0.15) is 18.5 Å². The second kappa shape index (κ2) is 5.80. The lowest BCUT2D eigenvalue weighted by Crippen LogP contribution is -2.32. The van der Waals surface area contributed by atoms with Crippen LogP contribution in [0.25, 0.3) is 0 Å². The molecule has 1 aromatic rings. The van der Waals surface area contributed by atoms with Crippen LogP contribution in [-0.4, -0.2) is 47.9 Å². The Morgan fingerprint density at radius 3 is 2.43 bits per heavy atom. The molecule has 0 saturated carbocycles. The molecule has 0 amide bonds. The van der Waals surface area contributed by atoms with Crippen molar-refractivity contribution in [1.82, 2.24) is 9.97 Å². The number of aromatic nitrogens is 2. The Bertz CT molecular complexity index is 647. The van der Waals surface area contributed by atoms with Crippen molar-refractivity contribution in [3.63, 3.8) is 0 Å². The van der Waals surface area contributed by atoms with Gasteiger partial charge in [0.1, 0.15) is 15.5 Å². The van der Waals surface area contributed by atoms with E-state index >= 15 is 0 Å². The average Bonchev–Trinajstić information content (AvgIpc) is 2.40. The molecule has 116 valence electrons. The Hall–Kier alpha value is -1.97. The maximum absolute atomic E-state index is 11.4. The molecule has 0 aliphatic carbocycles. The molecule has 2 heterocycles. The van der Waals surface area contributed by atoms with Crippen molar-refractivity contribution in [2.45, 2.75) is 25.8 Å². The molecule has 0 radical (unpaired) electrons. The van der Waals surface area contributed by atoms with Gasteiger partial charge >= 0.3 is 5.69 Å². The molecular formula is C11H17N5O4S. The summed E-state index contributed by atoms with van der Waals surface area (Å²) in [6.45, 7) is 1.54. The maximum Gasteiger partial charge on any atom is 0.332 e. The summed E-state index contributed by atoms with van der Waals surface area (Å²) in [7, 11) is -1.35. The molecule has 0 bridgehead atoms. The second-order valence-corrected chi connectivity index (χ2v) is 7.21. The van der Waals surface area contributed by atoms with Crippen molar-refractivity contribution in [2.24, 2.45) is 0 Å². The number of hydrogen-bond acceptors (Lipinski definition) is 8. The molecule has 0 aromatic carbocycles. The molecule has 1 fully saturated rings. The van der Waals surface area contributed by atoms with E-state index in [1.165, 1.54) is 6.92 Å². The van der Waals surface area contributed by atoms with Gasteiger partial charge in [-0.2, -0.15) is 4.98 Å². The van der Waals surface area contributed by atoms with Crippen LogP contribution in [0.2, 0.25) is 0 Å². The van der Waals surface area contributed by atoms with Gasteiger partial charge in [0, 0.05) is 13.1 Å². The molecule has 2 rings (SSSR count). The normalized spacial score (nSPS) is 18.2. The van der Waals surface area contributed by atoms with E-state index in [1.54, 1.807) is 7.05 Å². The zero-order valence-electron chi connectivity index (χ0n) is 11.8. The lowest BCUT2D eigenvalue weighted by atomic mass is 10.1. The highest BCUT2D eigenvalue weighted by atomic mass is 32.2. The van der Waals surface area contributed by atoms with Crippen molar-refractivity contribution in [1.29, 1.82) is 0 Å². The monoisotopic (exact) mass is 315 g/mol. The van der Waals surface area contributed by atoms with E-state index in [0.717, 1.165) is 0 Å². The predicted octanol–water partition coefficient (Wildman–Crippen LogP) is 0.724. The van der Waals surface area contributed by atoms with E-state index in [-0.39, 0.29) is 40.7 Å². The van der Waals surface area contributed by atoms with Crippen LogP contribution in [0.15, 0.2) is 0 Å². The number of anilines is 2. The average molecular weight is 315 g/mol. The minimum atomic E-state index is -2.97. The van der Waals surface area contributed by atoms with E-state index < -0.39 is 14.8 Å². The van der Waals surface area contributed by atoms with Gasteiger partial charge in [-0.15, -0.1) is 0 Å². The second-order valence-electron chi connectivity index (χ2n) is 4.91. The first kappa shape index (κ1) is 15.4. The number of rotatable bonds is 4. The third-order valence-electron chi connectivity index (χ3n) is 3.36. The van der Waals surface area contributed by atoms with Gasteiger partial charge in [-0.3, -0.25) is 10.1 Å². The van der Waals surface area contributed by atoms with Crippen molar-refractivity contribution in [3.05, 3.63) is 15.8 Å². The smallest absolute Gasteiger partial charge is 0.332 e. The highest BCUT2D eigenvalue weighted by Gasteiger charge is 2.28. The van der Waals surface area contributed by atoms with Gasteiger partial charge in [-0.25, -0.2) is 13.4 Å². The van der Waals surface area contributed by atoms with E-state index in [2.05, 4.69) is 20.6 Å². The van der Waals surface area contributed by atoms with E-state index in [0.29, 0.717) is 12.8 Å². The van der Waals surface area contributed by atoms with Gasteiger partial charge in [0.2, 0.25) is 11.8 Å². The minimum Gasteiger partial charge on any atom is -0.361 e. The first-order valence-corrected chi connectivity index (χ1v) is 8.32. The molecule has 0 unspecified atom stereocenters. The minimum absolute atomic E-state index is 0.0847. The number of nitrogens with one attached hydrogen (secondary N) is 2. The molecule has 10 heteroatoms. The molecule has 0 atom stereocenters. The van der Waals surface area contributed by atoms with Crippen LogP contribution in [-0.2, 0) is 9.84 Å². The summed E-state index contributed by atoms with van der Waals surface area (Å²) < 4.78 is 22.8. The molecule has 9 nitrogen and oxygen atoms in total. The fourth-order valence-corrected chi connectivity index (χ4v) is 3.72. The molecular weight excluding hydrogens is 298 g/mol. The van der Waals surface area contributed by atoms with E-state index in [1.807, 2.05) is 0 Å².